The Morgan fingerprint density at radius 2 is 2.24 bits per heavy atom. The highest BCUT2D eigenvalue weighted by atomic mass is 32.1. The van der Waals surface area contributed by atoms with Crippen LogP contribution in [0.5, 0.6) is 0 Å². The van der Waals surface area contributed by atoms with Gasteiger partial charge >= 0.3 is 0 Å². The SMILES string of the molecule is Cc1ncsc1CN(C)c1nc2c(s1)C(O)CC(C)(C)C2. The summed E-state index contributed by atoms with van der Waals surface area (Å²) in [4.78, 5) is 13.5. The van der Waals surface area contributed by atoms with Crippen molar-refractivity contribution in [3.05, 3.63) is 26.7 Å². The third kappa shape index (κ3) is 2.98. The Balaban J connectivity index is 1.83. The largest absolute Gasteiger partial charge is 0.387 e. The lowest BCUT2D eigenvalue weighted by molar-refractivity contribution is 0.102. The maximum atomic E-state index is 10.3. The molecule has 2 aromatic rings. The molecule has 0 saturated heterocycles. The van der Waals surface area contributed by atoms with Gasteiger partial charge in [-0.1, -0.05) is 25.2 Å². The lowest BCUT2D eigenvalue weighted by Gasteiger charge is -2.31. The van der Waals surface area contributed by atoms with E-state index < -0.39 is 0 Å². The van der Waals surface area contributed by atoms with Gasteiger partial charge in [-0.3, -0.25) is 0 Å². The van der Waals surface area contributed by atoms with Crippen molar-refractivity contribution in [2.24, 2.45) is 5.41 Å². The summed E-state index contributed by atoms with van der Waals surface area (Å²) in [5.41, 5.74) is 4.18. The number of aryl methyl sites for hydroxylation is 1. The Labute approximate surface area is 133 Å². The van der Waals surface area contributed by atoms with Crippen LogP contribution in [0.1, 0.15) is 47.5 Å². The molecule has 1 aliphatic carbocycles. The van der Waals surface area contributed by atoms with Gasteiger partial charge in [0, 0.05) is 11.9 Å². The summed E-state index contributed by atoms with van der Waals surface area (Å²) in [6.45, 7) is 7.26. The highest BCUT2D eigenvalue weighted by molar-refractivity contribution is 7.15. The lowest BCUT2D eigenvalue weighted by Crippen LogP contribution is -2.24. The number of aliphatic hydroxyl groups is 1. The average molecular weight is 323 g/mol. The number of anilines is 1. The number of fused-ring (bicyclic) bond motifs is 1. The van der Waals surface area contributed by atoms with Gasteiger partial charge in [0.25, 0.3) is 0 Å². The molecular weight excluding hydrogens is 302 g/mol. The summed E-state index contributed by atoms with van der Waals surface area (Å²) in [7, 11) is 2.06. The van der Waals surface area contributed by atoms with Crippen LogP contribution >= 0.6 is 22.7 Å². The summed E-state index contributed by atoms with van der Waals surface area (Å²) in [6.07, 6.45) is 1.40. The molecular formula is C15H21N3OS2. The topological polar surface area (TPSA) is 49.2 Å². The van der Waals surface area contributed by atoms with Crippen LogP contribution in [0.25, 0.3) is 0 Å². The van der Waals surface area contributed by atoms with Gasteiger partial charge in [-0.05, 0) is 25.2 Å². The molecule has 0 bridgehead atoms. The Bertz CT molecular complexity index is 647. The number of aliphatic hydroxyl groups excluding tert-OH is 1. The fourth-order valence-corrected chi connectivity index (χ4v) is 4.66. The summed E-state index contributed by atoms with van der Waals surface area (Å²) in [5, 5.41) is 11.3. The van der Waals surface area contributed by atoms with Crippen molar-refractivity contribution in [3.8, 4) is 0 Å². The van der Waals surface area contributed by atoms with Gasteiger partial charge in [-0.2, -0.15) is 0 Å². The highest BCUT2D eigenvalue weighted by Crippen LogP contribution is 2.44. The van der Waals surface area contributed by atoms with Crippen LogP contribution in [0.4, 0.5) is 5.13 Å². The molecule has 2 aromatic heterocycles. The molecule has 2 heterocycles. The zero-order valence-corrected chi connectivity index (χ0v) is 14.5. The molecule has 1 aliphatic rings. The van der Waals surface area contributed by atoms with Crippen LogP contribution in [0.15, 0.2) is 5.51 Å². The molecule has 1 unspecified atom stereocenters. The van der Waals surface area contributed by atoms with Crippen molar-refractivity contribution in [2.45, 2.75) is 46.3 Å². The first-order valence-corrected chi connectivity index (χ1v) is 8.83. The van der Waals surface area contributed by atoms with Gasteiger partial charge < -0.3 is 10.0 Å². The van der Waals surface area contributed by atoms with Crippen LogP contribution in [-0.4, -0.2) is 22.1 Å². The molecule has 0 aromatic carbocycles. The zero-order chi connectivity index (χ0) is 15.2. The fourth-order valence-electron chi connectivity index (χ4n) is 2.80. The molecule has 6 heteroatoms. The van der Waals surface area contributed by atoms with E-state index in [-0.39, 0.29) is 11.5 Å². The van der Waals surface area contributed by atoms with Gasteiger partial charge in [0.15, 0.2) is 5.13 Å². The maximum Gasteiger partial charge on any atom is 0.185 e. The monoisotopic (exact) mass is 323 g/mol. The van der Waals surface area contributed by atoms with Gasteiger partial charge in [-0.25, -0.2) is 9.97 Å². The minimum Gasteiger partial charge on any atom is -0.387 e. The standard InChI is InChI=1S/C15H21N3OS2/c1-9-12(20-8-16-9)7-18(4)14-17-10-5-15(2,3)6-11(19)13(10)21-14/h8,11,19H,5-7H2,1-4H3. The fraction of sp³-hybridized carbons (Fsp3) is 0.600. The average Bonchev–Trinajstić information content (AvgIpc) is 2.95. The number of rotatable bonds is 3. The van der Waals surface area contributed by atoms with Gasteiger partial charge in [0.05, 0.1) is 34.4 Å². The molecule has 0 spiro atoms. The second-order valence-electron chi connectivity index (χ2n) is 6.59. The zero-order valence-electron chi connectivity index (χ0n) is 12.9. The molecule has 0 radical (unpaired) electrons. The molecule has 0 aliphatic heterocycles. The first-order chi connectivity index (χ1) is 9.85. The normalized spacial score (nSPS) is 20.3. The maximum absolute atomic E-state index is 10.3. The molecule has 3 rings (SSSR count). The van der Waals surface area contributed by atoms with E-state index in [4.69, 9.17) is 4.98 Å². The number of nitrogens with zero attached hydrogens (tertiary/aromatic N) is 3. The lowest BCUT2D eigenvalue weighted by atomic mass is 9.77. The van der Waals surface area contributed by atoms with Gasteiger partial charge in [-0.15, -0.1) is 11.3 Å². The number of thiazole rings is 2. The molecule has 0 fully saturated rings. The van der Waals surface area contributed by atoms with Crippen LogP contribution in [-0.2, 0) is 13.0 Å². The molecule has 0 amide bonds. The molecule has 4 nitrogen and oxygen atoms in total. The summed E-state index contributed by atoms with van der Waals surface area (Å²) >= 11 is 3.31. The van der Waals surface area contributed by atoms with Gasteiger partial charge in [0.1, 0.15) is 0 Å². The number of hydrogen-bond donors (Lipinski definition) is 1. The summed E-state index contributed by atoms with van der Waals surface area (Å²) < 4.78 is 0. The van der Waals surface area contributed by atoms with E-state index in [0.29, 0.717) is 0 Å². The Hall–Kier alpha value is -0.980. The molecule has 21 heavy (non-hydrogen) atoms. The van der Waals surface area contributed by atoms with E-state index in [2.05, 4.69) is 30.8 Å². The van der Waals surface area contributed by atoms with E-state index >= 15 is 0 Å². The second-order valence-corrected chi connectivity index (χ2v) is 8.53. The minimum atomic E-state index is -0.367. The van der Waals surface area contributed by atoms with Crippen molar-refractivity contribution in [1.29, 1.82) is 0 Å². The number of hydrogen-bond acceptors (Lipinski definition) is 6. The first kappa shape index (κ1) is 14.9. The third-order valence-electron chi connectivity index (χ3n) is 3.96. The predicted octanol–water partition coefficient (Wildman–Crippen LogP) is 3.55. The van der Waals surface area contributed by atoms with E-state index in [1.807, 2.05) is 12.4 Å². The van der Waals surface area contributed by atoms with E-state index in [0.717, 1.165) is 40.8 Å². The van der Waals surface area contributed by atoms with Crippen molar-refractivity contribution >= 4 is 27.8 Å². The summed E-state index contributed by atoms with van der Waals surface area (Å²) in [5.74, 6) is 0. The van der Waals surface area contributed by atoms with Crippen LogP contribution < -0.4 is 4.90 Å². The summed E-state index contributed by atoms with van der Waals surface area (Å²) in [6, 6.07) is 0. The molecule has 1 N–H and O–H groups in total. The van der Waals surface area contributed by atoms with E-state index in [1.165, 1.54) is 4.88 Å². The molecule has 1 atom stereocenters. The highest BCUT2D eigenvalue weighted by Gasteiger charge is 2.34. The van der Waals surface area contributed by atoms with Crippen LogP contribution in [0, 0.1) is 12.3 Å². The van der Waals surface area contributed by atoms with Crippen molar-refractivity contribution in [2.75, 3.05) is 11.9 Å². The Morgan fingerprint density at radius 1 is 1.48 bits per heavy atom. The van der Waals surface area contributed by atoms with Crippen molar-refractivity contribution in [1.82, 2.24) is 9.97 Å². The van der Waals surface area contributed by atoms with Crippen LogP contribution in [0.2, 0.25) is 0 Å². The number of aromatic nitrogens is 2. The molecule has 114 valence electrons. The quantitative estimate of drug-likeness (QED) is 0.938. The Kier molecular flexibility index (Phi) is 3.80. The minimum absolute atomic E-state index is 0.130. The van der Waals surface area contributed by atoms with Crippen LogP contribution in [0.3, 0.4) is 0 Å². The first-order valence-electron chi connectivity index (χ1n) is 7.13. The van der Waals surface area contributed by atoms with E-state index in [9.17, 15) is 5.11 Å². The van der Waals surface area contributed by atoms with Crippen molar-refractivity contribution in [3.63, 3.8) is 0 Å². The smallest absolute Gasteiger partial charge is 0.185 e. The second kappa shape index (κ2) is 5.34. The Morgan fingerprint density at radius 3 is 2.90 bits per heavy atom. The van der Waals surface area contributed by atoms with Crippen molar-refractivity contribution < 1.29 is 5.11 Å². The van der Waals surface area contributed by atoms with Gasteiger partial charge in [0.2, 0.25) is 0 Å². The van der Waals surface area contributed by atoms with E-state index in [1.54, 1.807) is 22.7 Å². The third-order valence-corrected chi connectivity index (χ3v) is 6.20. The molecule has 0 saturated carbocycles. The predicted molar refractivity (Wildman–Crippen MR) is 88.1 cm³/mol.